The van der Waals surface area contributed by atoms with Gasteiger partial charge in [-0.2, -0.15) is 0 Å². The van der Waals surface area contributed by atoms with Gasteiger partial charge in [0.25, 0.3) is 5.60 Å². The van der Waals surface area contributed by atoms with E-state index in [4.69, 9.17) is 9.47 Å². The zero-order valence-electron chi connectivity index (χ0n) is 26.5. The third-order valence-electron chi connectivity index (χ3n) is 10.7. The van der Waals surface area contributed by atoms with Crippen LogP contribution in [0.2, 0.25) is 0 Å². The van der Waals surface area contributed by atoms with Crippen LogP contribution in [0.3, 0.4) is 0 Å². The first kappa shape index (κ1) is 31.8. The van der Waals surface area contributed by atoms with Gasteiger partial charge in [0.1, 0.15) is 6.10 Å². The molecule has 43 heavy (non-hydrogen) atoms. The van der Waals surface area contributed by atoms with Crippen LogP contribution in [-0.4, -0.2) is 47.7 Å². The average Bonchev–Trinajstić information content (AvgIpc) is 3.58. The van der Waals surface area contributed by atoms with Gasteiger partial charge in [0.15, 0.2) is 0 Å². The fourth-order valence-corrected chi connectivity index (χ4v) is 8.43. The van der Waals surface area contributed by atoms with Crippen LogP contribution in [0.4, 0.5) is 0 Å². The highest BCUT2D eigenvalue weighted by atomic mass is 16.6. The van der Waals surface area contributed by atoms with Crippen molar-refractivity contribution in [3.63, 3.8) is 0 Å². The molecule has 2 aromatic rings. The monoisotopic (exact) mass is 588 g/mol. The van der Waals surface area contributed by atoms with Crippen molar-refractivity contribution in [3.8, 4) is 0 Å². The van der Waals surface area contributed by atoms with Crippen molar-refractivity contribution in [1.29, 1.82) is 0 Å². The number of quaternary nitrogens is 1. The molecule has 0 radical (unpaired) electrons. The SMILES string of the molecule is CCCCCCCCCCCCC(=O)OC(C(=O)OC1CC2CCC(C1)[N+]21CCCC1)(c1ccccc1)c1ccccc1. The molecule has 0 saturated carbocycles. The number of carbonyl (C=O) groups is 2. The fraction of sp³-hybridized carbons (Fsp3) is 0.632. The molecule has 0 N–H and O–H groups in total. The molecule has 2 aromatic carbocycles. The molecule has 3 fully saturated rings. The lowest BCUT2D eigenvalue weighted by Crippen LogP contribution is -2.60. The van der Waals surface area contributed by atoms with Crippen molar-refractivity contribution in [3.05, 3.63) is 71.8 Å². The van der Waals surface area contributed by atoms with E-state index in [0.717, 1.165) is 32.1 Å². The van der Waals surface area contributed by atoms with E-state index in [1.165, 1.54) is 88.2 Å². The summed E-state index contributed by atoms with van der Waals surface area (Å²) in [5.41, 5.74) is -0.331. The molecule has 2 unspecified atom stereocenters. The first-order chi connectivity index (χ1) is 21.1. The molecule has 1 spiro atoms. The minimum Gasteiger partial charge on any atom is -0.458 e. The van der Waals surface area contributed by atoms with Gasteiger partial charge in [-0.1, -0.05) is 125 Å². The third-order valence-corrected chi connectivity index (χ3v) is 10.7. The highest BCUT2D eigenvalue weighted by Crippen LogP contribution is 2.47. The highest BCUT2D eigenvalue weighted by Gasteiger charge is 2.57. The number of nitrogens with zero attached hydrogens (tertiary/aromatic N) is 1. The second-order valence-corrected chi connectivity index (χ2v) is 13.5. The summed E-state index contributed by atoms with van der Waals surface area (Å²) in [6, 6.07) is 20.2. The topological polar surface area (TPSA) is 52.6 Å². The van der Waals surface area contributed by atoms with Crippen molar-refractivity contribution in [2.45, 2.75) is 140 Å². The lowest BCUT2D eigenvalue weighted by Gasteiger charge is -2.47. The second-order valence-electron chi connectivity index (χ2n) is 13.5. The Hall–Kier alpha value is -2.66. The molecule has 3 saturated heterocycles. The minimum absolute atomic E-state index is 0.137. The molecule has 5 rings (SSSR count). The van der Waals surface area contributed by atoms with Crippen LogP contribution in [0.15, 0.2) is 60.7 Å². The van der Waals surface area contributed by atoms with E-state index < -0.39 is 11.6 Å². The smallest absolute Gasteiger partial charge is 0.360 e. The summed E-state index contributed by atoms with van der Waals surface area (Å²) < 4.78 is 14.0. The zero-order chi connectivity index (χ0) is 30.0. The Balaban J connectivity index is 1.26. The molecule has 3 aliphatic rings. The summed E-state index contributed by atoms with van der Waals surface area (Å²) in [5, 5.41) is 0. The quantitative estimate of drug-likeness (QED) is 0.112. The van der Waals surface area contributed by atoms with Gasteiger partial charge in [-0.25, -0.2) is 4.79 Å². The van der Waals surface area contributed by atoms with Crippen LogP contribution in [-0.2, 0) is 24.7 Å². The summed E-state index contributed by atoms with van der Waals surface area (Å²) >= 11 is 0. The summed E-state index contributed by atoms with van der Waals surface area (Å²) in [6.07, 6.45) is 19.1. The van der Waals surface area contributed by atoms with E-state index in [2.05, 4.69) is 6.92 Å². The second kappa shape index (κ2) is 15.4. The summed E-state index contributed by atoms with van der Waals surface area (Å²) in [6.45, 7) is 4.82. The Kier molecular flexibility index (Phi) is 11.3. The van der Waals surface area contributed by atoms with Gasteiger partial charge in [-0.05, 0) is 6.42 Å². The number of carbonyl (C=O) groups excluding carboxylic acids is 2. The van der Waals surface area contributed by atoms with Crippen LogP contribution in [0.5, 0.6) is 0 Å². The standard InChI is InChI=1S/C38H54NO4/c1-2-3-4-5-6-7-8-9-10-17-24-36(40)43-38(31-20-13-11-14-21-31,32-22-15-12-16-23-32)37(41)42-35-29-33-25-26-34(30-35)39(33)27-18-19-28-39/h11-16,20-23,33-35H,2-10,17-19,24-30H2,1H3/q+1. The molecular formula is C38H54NO4+. The molecule has 3 heterocycles. The summed E-state index contributed by atoms with van der Waals surface area (Å²) in [7, 11) is 0. The Morgan fingerprint density at radius 1 is 0.721 bits per heavy atom. The molecule has 0 amide bonds. The van der Waals surface area contributed by atoms with Gasteiger partial charge in [0, 0.05) is 56.1 Å². The van der Waals surface area contributed by atoms with Gasteiger partial charge in [0.05, 0.1) is 25.2 Å². The molecule has 2 bridgehead atoms. The van der Waals surface area contributed by atoms with Gasteiger partial charge < -0.3 is 14.0 Å². The predicted octanol–water partition coefficient (Wildman–Crippen LogP) is 8.63. The minimum atomic E-state index is -1.62. The maximum absolute atomic E-state index is 14.5. The predicted molar refractivity (Wildman–Crippen MR) is 171 cm³/mol. The molecule has 0 aliphatic carbocycles. The Morgan fingerprint density at radius 3 is 1.72 bits per heavy atom. The van der Waals surface area contributed by atoms with Crippen molar-refractivity contribution >= 4 is 11.9 Å². The van der Waals surface area contributed by atoms with Crippen LogP contribution in [0, 0.1) is 0 Å². The molecule has 234 valence electrons. The maximum Gasteiger partial charge on any atom is 0.360 e. The number of esters is 2. The number of hydrogen-bond donors (Lipinski definition) is 0. The molecule has 0 aromatic heterocycles. The van der Waals surface area contributed by atoms with Crippen molar-refractivity contribution in [2.24, 2.45) is 0 Å². The number of hydrogen-bond acceptors (Lipinski definition) is 4. The van der Waals surface area contributed by atoms with E-state index in [-0.39, 0.29) is 12.1 Å². The van der Waals surface area contributed by atoms with E-state index in [1.807, 2.05) is 60.7 Å². The number of ether oxygens (including phenoxy) is 2. The Labute approximate surface area is 259 Å². The van der Waals surface area contributed by atoms with E-state index in [1.54, 1.807) is 0 Å². The van der Waals surface area contributed by atoms with Crippen molar-refractivity contribution in [2.75, 3.05) is 13.1 Å². The Bertz CT molecular complexity index is 1090. The Morgan fingerprint density at radius 2 is 1.21 bits per heavy atom. The van der Waals surface area contributed by atoms with Crippen molar-refractivity contribution in [1.82, 2.24) is 0 Å². The fourth-order valence-electron chi connectivity index (χ4n) is 8.43. The largest absolute Gasteiger partial charge is 0.458 e. The van der Waals surface area contributed by atoms with Gasteiger partial charge in [0.2, 0.25) is 0 Å². The summed E-state index contributed by atoms with van der Waals surface area (Å²) in [5.74, 6) is -0.796. The summed E-state index contributed by atoms with van der Waals surface area (Å²) in [4.78, 5) is 27.9. The van der Waals surface area contributed by atoms with Crippen molar-refractivity contribution < 1.29 is 23.5 Å². The number of piperidine rings is 1. The molecular weight excluding hydrogens is 534 g/mol. The van der Waals surface area contributed by atoms with Gasteiger partial charge in [-0.15, -0.1) is 0 Å². The van der Waals surface area contributed by atoms with E-state index in [9.17, 15) is 9.59 Å². The van der Waals surface area contributed by atoms with Crippen LogP contribution in [0.25, 0.3) is 0 Å². The normalized spacial score (nSPS) is 22.5. The van der Waals surface area contributed by atoms with Crippen LogP contribution in [0.1, 0.15) is 127 Å². The molecule has 5 heteroatoms. The first-order valence-corrected chi connectivity index (χ1v) is 17.5. The van der Waals surface area contributed by atoms with Gasteiger partial charge >= 0.3 is 11.9 Å². The number of benzene rings is 2. The lowest BCUT2D eigenvalue weighted by atomic mass is 9.85. The van der Waals surface area contributed by atoms with E-state index >= 15 is 0 Å². The highest BCUT2D eigenvalue weighted by molar-refractivity contribution is 5.89. The number of rotatable bonds is 16. The zero-order valence-corrected chi connectivity index (χ0v) is 26.5. The maximum atomic E-state index is 14.5. The first-order valence-electron chi connectivity index (χ1n) is 17.5. The molecule has 2 atom stereocenters. The average molecular weight is 589 g/mol. The van der Waals surface area contributed by atoms with Crippen LogP contribution < -0.4 is 0 Å². The van der Waals surface area contributed by atoms with Crippen LogP contribution >= 0.6 is 0 Å². The van der Waals surface area contributed by atoms with E-state index in [0.29, 0.717) is 29.6 Å². The lowest BCUT2D eigenvalue weighted by molar-refractivity contribution is -0.956. The molecule has 3 aliphatic heterocycles. The number of unbranched alkanes of at least 4 members (excludes halogenated alkanes) is 9. The van der Waals surface area contributed by atoms with Gasteiger partial charge in [-0.3, -0.25) is 4.79 Å². The third kappa shape index (κ3) is 7.36. The molecule has 5 nitrogen and oxygen atoms in total.